The summed E-state index contributed by atoms with van der Waals surface area (Å²) < 4.78 is 1.75. The van der Waals surface area contributed by atoms with Crippen molar-refractivity contribution in [3.05, 3.63) is 47.3 Å². The van der Waals surface area contributed by atoms with Crippen molar-refractivity contribution in [2.45, 2.75) is 103 Å². The Kier molecular flexibility index (Phi) is 6.39. The van der Waals surface area contributed by atoms with E-state index in [0.29, 0.717) is 12.2 Å². The lowest BCUT2D eigenvalue weighted by atomic mass is 9.90. The minimum Gasteiger partial charge on any atom is -0.351 e. The Balaban J connectivity index is 1.74. The molecule has 2 aliphatic rings. The van der Waals surface area contributed by atoms with Crippen LogP contribution in [0.4, 0.5) is 5.69 Å². The third-order valence-electron chi connectivity index (χ3n) is 7.21. The molecular weight excluding hydrogens is 412 g/mol. The van der Waals surface area contributed by atoms with Gasteiger partial charge >= 0.3 is 0 Å². The monoisotopic (exact) mass is 450 g/mol. The number of benzene rings is 1. The fraction of sp³-hybridized carbons (Fsp3) is 0.593. The first-order valence-corrected chi connectivity index (χ1v) is 12.4. The largest absolute Gasteiger partial charge is 0.351 e. The van der Waals surface area contributed by atoms with E-state index in [1.165, 1.54) is 19.3 Å². The van der Waals surface area contributed by atoms with Crippen LogP contribution in [0.1, 0.15) is 94.4 Å². The van der Waals surface area contributed by atoms with Gasteiger partial charge in [-0.25, -0.2) is 0 Å². The number of aryl methyl sites for hydroxylation is 1. The average molecular weight is 451 g/mol. The zero-order valence-corrected chi connectivity index (χ0v) is 20.8. The van der Waals surface area contributed by atoms with E-state index < -0.39 is 5.54 Å². The molecule has 0 spiro atoms. The topological polar surface area (TPSA) is 67.2 Å². The van der Waals surface area contributed by atoms with Crippen molar-refractivity contribution < 1.29 is 9.59 Å². The summed E-state index contributed by atoms with van der Waals surface area (Å²) in [6.07, 6.45) is 8.02. The van der Waals surface area contributed by atoms with Crippen molar-refractivity contribution in [1.82, 2.24) is 15.1 Å². The van der Waals surface area contributed by atoms with Crippen LogP contribution in [0.5, 0.6) is 0 Å². The van der Waals surface area contributed by atoms with Crippen LogP contribution in [0.3, 0.4) is 0 Å². The number of fused-ring (bicyclic) bond motifs is 1. The highest BCUT2D eigenvalue weighted by atomic mass is 16.2. The van der Waals surface area contributed by atoms with Gasteiger partial charge in [-0.05, 0) is 44.4 Å². The number of carbonyl (C=O) groups is 2. The van der Waals surface area contributed by atoms with Crippen LogP contribution in [0.15, 0.2) is 30.3 Å². The fourth-order valence-corrected chi connectivity index (χ4v) is 5.08. The number of hydrogen-bond donors (Lipinski definition) is 1. The molecule has 1 saturated carbocycles. The summed E-state index contributed by atoms with van der Waals surface area (Å²) in [6.45, 7) is 10.5. The average Bonchev–Trinajstić information content (AvgIpc) is 3.16. The first-order valence-electron chi connectivity index (χ1n) is 12.4. The Morgan fingerprint density at radius 3 is 2.36 bits per heavy atom. The molecule has 1 aromatic carbocycles. The standard InChI is InChI=1S/C27H38N4O2/c1-19-13-11-12-16-21(19)31-24(32)22-17-23(26(2,3)4)29-30(22)18-27(31,5)25(33)28-20-14-9-7-6-8-10-15-20/h11-13,16-17,20H,6-10,14-15,18H2,1-5H3,(H,28,33)/t27-/m0/s1. The predicted molar refractivity (Wildman–Crippen MR) is 132 cm³/mol. The predicted octanol–water partition coefficient (Wildman–Crippen LogP) is 5.14. The van der Waals surface area contributed by atoms with E-state index in [4.69, 9.17) is 5.10 Å². The number of amides is 2. The molecular formula is C27H38N4O2. The molecule has 2 amide bonds. The Morgan fingerprint density at radius 1 is 1.09 bits per heavy atom. The molecule has 2 aromatic rings. The minimum absolute atomic E-state index is 0.0943. The van der Waals surface area contributed by atoms with E-state index >= 15 is 0 Å². The fourth-order valence-electron chi connectivity index (χ4n) is 5.08. The summed E-state index contributed by atoms with van der Waals surface area (Å²) in [6, 6.07) is 9.86. The molecule has 1 N–H and O–H groups in total. The second-order valence-electron chi connectivity index (χ2n) is 11.0. The number of nitrogens with zero attached hydrogens (tertiary/aromatic N) is 3. The number of nitrogens with one attached hydrogen (secondary N) is 1. The van der Waals surface area contributed by atoms with Crippen molar-refractivity contribution >= 4 is 17.5 Å². The Hall–Kier alpha value is -2.63. The van der Waals surface area contributed by atoms with Crippen LogP contribution in [0, 0.1) is 6.92 Å². The highest BCUT2D eigenvalue weighted by Gasteiger charge is 2.49. The molecule has 0 unspecified atom stereocenters. The van der Waals surface area contributed by atoms with Gasteiger partial charge < -0.3 is 5.32 Å². The van der Waals surface area contributed by atoms with Gasteiger partial charge in [-0.2, -0.15) is 5.10 Å². The maximum atomic E-state index is 13.9. The van der Waals surface area contributed by atoms with Crippen LogP contribution in [-0.4, -0.2) is 33.2 Å². The second kappa shape index (κ2) is 8.96. The van der Waals surface area contributed by atoms with Crippen LogP contribution in [0.2, 0.25) is 0 Å². The van der Waals surface area contributed by atoms with E-state index in [0.717, 1.165) is 42.6 Å². The second-order valence-corrected chi connectivity index (χ2v) is 11.0. The molecule has 178 valence electrons. The highest BCUT2D eigenvalue weighted by Crippen LogP contribution is 2.36. The van der Waals surface area contributed by atoms with E-state index in [-0.39, 0.29) is 23.3 Å². The van der Waals surface area contributed by atoms with Crippen molar-refractivity contribution in [2.24, 2.45) is 0 Å². The van der Waals surface area contributed by atoms with Gasteiger partial charge in [-0.3, -0.25) is 19.2 Å². The summed E-state index contributed by atoms with van der Waals surface area (Å²) in [5.74, 6) is -0.267. The number of hydrogen-bond acceptors (Lipinski definition) is 3. The Labute approximate surface area is 197 Å². The number of aromatic nitrogens is 2. The van der Waals surface area contributed by atoms with Gasteiger partial charge in [0.2, 0.25) is 5.91 Å². The highest BCUT2D eigenvalue weighted by molar-refractivity contribution is 6.12. The molecule has 1 fully saturated rings. The molecule has 0 radical (unpaired) electrons. The molecule has 6 heteroatoms. The van der Waals surface area contributed by atoms with Crippen molar-refractivity contribution in [3.8, 4) is 0 Å². The van der Waals surface area contributed by atoms with E-state index in [2.05, 4.69) is 26.1 Å². The smallest absolute Gasteiger partial charge is 0.277 e. The molecule has 1 aliphatic carbocycles. The number of carbonyl (C=O) groups excluding carboxylic acids is 2. The molecule has 0 bridgehead atoms. The number of rotatable bonds is 3. The first kappa shape index (κ1) is 23.5. The quantitative estimate of drug-likeness (QED) is 0.704. The number of anilines is 1. The molecule has 33 heavy (non-hydrogen) atoms. The van der Waals surface area contributed by atoms with Gasteiger partial charge in [0, 0.05) is 17.1 Å². The van der Waals surface area contributed by atoms with Crippen molar-refractivity contribution in [3.63, 3.8) is 0 Å². The van der Waals surface area contributed by atoms with Gasteiger partial charge in [-0.1, -0.05) is 71.1 Å². The summed E-state index contributed by atoms with van der Waals surface area (Å²) in [4.78, 5) is 29.5. The van der Waals surface area contributed by atoms with Crippen molar-refractivity contribution in [2.75, 3.05) is 4.90 Å². The van der Waals surface area contributed by atoms with Crippen LogP contribution < -0.4 is 10.2 Å². The molecule has 4 rings (SSSR count). The molecule has 0 saturated heterocycles. The first-order chi connectivity index (χ1) is 15.6. The van der Waals surface area contributed by atoms with Gasteiger partial charge in [0.05, 0.1) is 12.2 Å². The summed E-state index contributed by atoms with van der Waals surface area (Å²) in [7, 11) is 0. The number of para-hydroxylation sites is 1. The zero-order valence-electron chi connectivity index (χ0n) is 20.8. The van der Waals surface area contributed by atoms with E-state index in [1.54, 1.807) is 9.58 Å². The summed E-state index contributed by atoms with van der Waals surface area (Å²) >= 11 is 0. The minimum atomic E-state index is -1.07. The molecule has 1 aromatic heterocycles. The van der Waals surface area contributed by atoms with E-state index in [9.17, 15) is 9.59 Å². The van der Waals surface area contributed by atoms with Crippen LogP contribution >= 0.6 is 0 Å². The Morgan fingerprint density at radius 2 is 1.73 bits per heavy atom. The van der Waals surface area contributed by atoms with Gasteiger partial charge in [0.25, 0.3) is 5.91 Å². The summed E-state index contributed by atoms with van der Waals surface area (Å²) in [5, 5.41) is 8.09. The zero-order chi connectivity index (χ0) is 23.8. The molecule has 6 nitrogen and oxygen atoms in total. The maximum absolute atomic E-state index is 13.9. The third-order valence-corrected chi connectivity index (χ3v) is 7.21. The lowest BCUT2D eigenvalue weighted by molar-refractivity contribution is -0.127. The SMILES string of the molecule is Cc1ccccc1N1C(=O)c2cc(C(C)(C)C)nn2C[C@@]1(C)C(=O)NC1CCCCCCC1. The molecule has 1 aliphatic heterocycles. The van der Waals surface area contributed by atoms with Crippen LogP contribution in [-0.2, 0) is 16.8 Å². The molecule has 2 heterocycles. The van der Waals surface area contributed by atoms with Crippen LogP contribution in [0.25, 0.3) is 0 Å². The van der Waals surface area contributed by atoms with Gasteiger partial charge in [0.15, 0.2) is 0 Å². The molecule has 1 atom stereocenters. The van der Waals surface area contributed by atoms with Crippen molar-refractivity contribution in [1.29, 1.82) is 0 Å². The van der Waals surface area contributed by atoms with E-state index in [1.807, 2.05) is 44.2 Å². The third kappa shape index (κ3) is 4.57. The Bertz CT molecular complexity index is 1030. The summed E-state index contributed by atoms with van der Waals surface area (Å²) in [5.41, 5.74) is 1.90. The lowest BCUT2D eigenvalue weighted by Crippen LogP contribution is -2.65. The maximum Gasteiger partial charge on any atom is 0.277 e. The lowest BCUT2D eigenvalue weighted by Gasteiger charge is -2.44. The van der Waals surface area contributed by atoms with Gasteiger partial charge in [-0.15, -0.1) is 0 Å². The normalized spacial score (nSPS) is 22.5. The van der Waals surface area contributed by atoms with Gasteiger partial charge in [0.1, 0.15) is 11.2 Å².